The average molecular weight is 836 g/mol. The zero-order chi connectivity index (χ0) is 38.3. The molecule has 0 bridgehead atoms. The van der Waals surface area contributed by atoms with Crippen LogP contribution in [0.3, 0.4) is 0 Å². The summed E-state index contributed by atoms with van der Waals surface area (Å²) in [5.74, 6) is 0.0592. The standard InChI is InChI=1S/C33H44N6O10S4.Na/c1-34-28-14-12-26(52(46,47)36-16-3-4-17-36)24-30(28)38(20-8-22-50(40,41)42)32(34)10-7-11-33-35(2)29-15-13-27(53(48,49)37-18-5-6-19-37)25-31(29)39(33)21-9-23-51(43,44)45;/h7,10-15,24-25H,3-6,8-9,16-23H2,1-2H3,(H-,40,41,42,43,44,45);. The second-order valence-electron chi connectivity index (χ2n) is 13.4. The van der Waals surface area contributed by atoms with Crippen molar-refractivity contribution in [3.63, 3.8) is 0 Å². The number of fused-ring (bicyclic) bond motifs is 2. The Labute approximate surface area is 339 Å². The van der Waals surface area contributed by atoms with Crippen molar-refractivity contribution >= 4 is 98.3 Å². The van der Waals surface area contributed by atoms with Crippen molar-refractivity contribution in [2.24, 2.45) is 7.05 Å². The number of allylic oxidation sites excluding steroid dienone is 2. The van der Waals surface area contributed by atoms with Gasteiger partial charge in [-0.25, -0.2) is 34.4 Å². The quantitative estimate of drug-likeness (QED) is 0.140. The number of imidazole rings is 1. The fourth-order valence-electron chi connectivity index (χ4n) is 7.24. The van der Waals surface area contributed by atoms with E-state index in [0.717, 1.165) is 25.7 Å². The Bertz CT molecular complexity index is 2400. The van der Waals surface area contributed by atoms with E-state index in [0.29, 0.717) is 60.2 Å². The van der Waals surface area contributed by atoms with Crippen LogP contribution >= 0.6 is 0 Å². The van der Waals surface area contributed by atoms with Crippen LogP contribution in [0.2, 0.25) is 0 Å². The summed E-state index contributed by atoms with van der Waals surface area (Å²) in [5.41, 5.74) is 2.44. The van der Waals surface area contributed by atoms with E-state index in [1.807, 2.05) is 9.47 Å². The monoisotopic (exact) mass is 835 g/mol. The first-order valence-electron chi connectivity index (χ1n) is 17.3. The molecule has 291 valence electrons. The van der Waals surface area contributed by atoms with Crippen molar-refractivity contribution < 1.29 is 47.3 Å². The van der Waals surface area contributed by atoms with Gasteiger partial charge in [-0.3, -0.25) is 4.55 Å². The number of anilines is 2. The SMILES string of the molecule is CN1C(=CC=Cc2n(CCCS(=O)(=O)[O-])c3cc(S(=O)(=O)N4CCCC4)ccc3[n+]2C)N(CCCS(=O)(=O)O)c2cc(S(=O)(=O)N3CCCC3)ccc21.[Na]. The number of benzene rings is 2. The van der Waals surface area contributed by atoms with E-state index in [-0.39, 0.29) is 65.3 Å². The molecule has 3 aromatic rings. The van der Waals surface area contributed by atoms with Gasteiger partial charge in [0, 0.05) is 87.2 Å². The number of aromatic nitrogens is 2. The third-order valence-corrected chi connectivity index (χ3v) is 15.3. The molecule has 2 aromatic carbocycles. The average Bonchev–Trinajstić information content (AvgIpc) is 3.90. The van der Waals surface area contributed by atoms with E-state index in [4.69, 9.17) is 0 Å². The maximum atomic E-state index is 13.5. The van der Waals surface area contributed by atoms with Crippen LogP contribution in [0.5, 0.6) is 0 Å². The molecular formula is C33H44N6NaO10S4. The largest absolute Gasteiger partial charge is 0.748 e. The van der Waals surface area contributed by atoms with E-state index in [2.05, 4.69) is 0 Å². The number of hydrogen-bond acceptors (Lipinski definition) is 11. The molecule has 0 atom stereocenters. The van der Waals surface area contributed by atoms with E-state index in [1.165, 1.54) is 8.61 Å². The van der Waals surface area contributed by atoms with E-state index >= 15 is 0 Å². The molecule has 0 amide bonds. The third-order valence-electron chi connectivity index (χ3n) is 9.89. The van der Waals surface area contributed by atoms with Gasteiger partial charge in [0.15, 0.2) is 11.0 Å². The summed E-state index contributed by atoms with van der Waals surface area (Å²) in [5, 5.41) is 0. The summed E-state index contributed by atoms with van der Waals surface area (Å²) in [6.45, 7) is 1.97. The van der Waals surface area contributed by atoms with E-state index in [1.54, 1.807) is 78.2 Å². The number of sulfonamides is 2. The number of hydrogen-bond donors (Lipinski definition) is 1. The van der Waals surface area contributed by atoms with Crippen LogP contribution in [-0.4, -0.2) is 137 Å². The summed E-state index contributed by atoms with van der Waals surface area (Å²) in [6, 6.07) is 9.64. The Morgan fingerprint density at radius 2 is 1.33 bits per heavy atom. The van der Waals surface area contributed by atoms with Crippen molar-refractivity contribution in [3.05, 3.63) is 60.2 Å². The van der Waals surface area contributed by atoms with E-state index in [9.17, 15) is 42.8 Å². The summed E-state index contributed by atoms with van der Waals surface area (Å²) >= 11 is 0. The van der Waals surface area contributed by atoms with Crippen molar-refractivity contribution in [2.45, 2.75) is 54.9 Å². The molecule has 2 saturated heterocycles. The van der Waals surface area contributed by atoms with Crippen molar-refractivity contribution in [2.75, 3.05) is 61.1 Å². The summed E-state index contributed by atoms with van der Waals surface area (Å²) in [4.78, 5) is 3.85. The molecule has 1 N–H and O–H groups in total. The first-order chi connectivity index (χ1) is 24.9. The summed E-state index contributed by atoms with van der Waals surface area (Å²) in [6.07, 6.45) is 8.39. The zero-order valence-electron chi connectivity index (χ0n) is 30.5. The molecule has 1 radical (unpaired) electrons. The van der Waals surface area contributed by atoms with Gasteiger partial charge in [-0.2, -0.15) is 17.0 Å². The third kappa shape index (κ3) is 9.09. The first kappa shape index (κ1) is 42.8. The number of nitrogens with zero attached hydrogens (tertiary/aromatic N) is 6. The topological polar surface area (TPSA) is 202 Å². The van der Waals surface area contributed by atoms with Gasteiger partial charge in [-0.1, -0.05) is 6.08 Å². The maximum absolute atomic E-state index is 13.5. The predicted octanol–water partition coefficient (Wildman–Crippen LogP) is 1.68. The van der Waals surface area contributed by atoms with Crippen molar-refractivity contribution in [1.29, 1.82) is 0 Å². The molecule has 4 heterocycles. The molecule has 0 unspecified atom stereocenters. The zero-order valence-corrected chi connectivity index (χ0v) is 35.8. The Balaban J connectivity index is 0.00000561. The van der Waals surface area contributed by atoms with Crippen LogP contribution in [-0.2, 0) is 53.9 Å². The second-order valence-corrected chi connectivity index (χ2v) is 20.4. The van der Waals surface area contributed by atoms with Gasteiger partial charge < -0.3 is 14.4 Å². The molecule has 21 heteroatoms. The Morgan fingerprint density at radius 1 is 0.778 bits per heavy atom. The van der Waals surface area contributed by atoms with Crippen LogP contribution in [0.25, 0.3) is 17.1 Å². The van der Waals surface area contributed by atoms with Gasteiger partial charge >= 0.3 is 0 Å². The molecule has 3 aliphatic heterocycles. The van der Waals surface area contributed by atoms with Crippen LogP contribution < -0.4 is 14.4 Å². The maximum Gasteiger partial charge on any atom is 0.282 e. The predicted molar refractivity (Wildman–Crippen MR) is 204 cm³/mol. The van der Waals surface area contributed by atoms with E-state index < -0.39 is 51.8 Å². The molecule has 0 spiro atoms. The Kier molecular flexibility index (Phi) is 13.2. The smallest absolute Gasteiger partial charge is 0.282 e. The van der Waals surface area contributed by atoms with Gasteiger partial charge in [0.2, 0.25) is 20.0 Å². The number of aryl methyl sites for hydroxylation is 2. The minimum Gasteiger partial charge on any atom is -0.748 e. The van der Waals surface area contributed by atoms with Gasteiger partial charge in [0.25, 0.3) is 15.9 Å². The van der Waals surface area contributed by atoms with Crippen LogP contribution in [0.4, 0.5) is 11.4 Å². The molecule has 0 saturated carbocycles. The molecule has 2 fully saturated rings. The van der Waals surface area contributed by atoms with Crippen molar-refractivity contribution in [1.82, 2.24) is 13.2 Å². The molecule has 0 aliphatic carbocycles. The normalized spacial score (nSPS) is 18.4. The summed E-state index contributed by atoms with van der Waals surface area (Å²) < 4.78 is 127. The molecule has 16 nitrogen and oxygen atoms in total. The van der Waals surface area contributed by atoms with Gasteiger partial charge in [0.1, 0.15) is 5.82 Å². The second kappa shape index (κ2) is 16.6. The van der Waals surface area contributed by atoms with Crippen LogP contribution in [0.15, 0.2) is 64.2 Å². The molecule has 3 aliphatic rings. The first-order valence-corrected chi connectivity index (χ1v) is 23.4. The van der Waals surface area contributed by atoms with Gasteiger partial charge in [-0.15, -0.1) is 0 Å². The molecule has 54 heavy (non-hydrogen) atoms. The number of rotatable bonds is 14. The van der Waals surface area contributed by atoms with Crippen LogP contribution in [0, 0.1) is 0 Å². The van der Waals surface area contributed by atoms with Gasteiger partial charge in [0.05, 0.1) is 50.6 Å². The molecule has 1 aromatic heterocycles. The summed E-state index contributed by atoms with van der Waals surface area (Å²) in [7, 11) is -12.7. The Hall–Kier alpha value is -2.37. The van der Waals surface area contributed by atoms with Gasteiger partial charge in [-0.05, 0) is 74.9 Å². The van der Waals surface area contributed by atoms with Crippen LogP contribution in [0.1, 0.15) is 44.3 Å². The fourth-order valence-corrected chi connectivity index (χ4v) is 11.3. The minimum absolute atomic E-state index is 0. The fraction of sp³-hybridized carbons (Fsp3) is 0.485. The minimum atomic E-state index is -4.50. The van der Waals surface area contributed by atoms with Crippen molar-refractivity contribution in [3.8, 4) is 0 Å². The Morgan fingerprint density at radius 3 is 1.91 bits per heavy atom. The molecular weight excluding hydrogens is 792 g/mol. The molecule has 6 rings (SSSR count).